The molecule has 1 N–H and O–H groups in total. The highest BCUT2D eigenvalue weighted by atomic mass is 16.5. The van der Waals surface area contributed by atoms with E-state index in [1.54, 1.807) is 0 Å². The predicted molar refractivity (Wildman–Crippen MR) is 78.9 cm³/mol. The molecule has 0 spiro atoms. The topological polar surface area (TPSA) is 38.3 Å². The number of fused-ring (bicyclic) bond motifs is 1. The van der Waals surface area contributed by atoms with Crippen LogP contribution in [0.5, 0.6) is 0 Å². The molecule has 0 saturated carbocycles. The molecule has 0 radical (unpaired) electrons. The van der Waals surface area contributed by atoms with Gasteiger partial charge in [0.05, 0.1) is 5.56 Å². The fourth-order valence-corrected chi connectivity index (χ4v) is 2.44. The molecule has 1 atom stereocenters. The van der Waals surface area contributed by atoms with Crippen LogP contribution >= 0.6 is 0 Å². The third-order valence-corrected chi connectivity index (χ3v) is 3.61. The molecule has 0 bridgehead atoms. The number of rotatable bonds is 3. The summed E-state index contributed by atoms with van der Waals surface area (Å²) < 4.78 is 5.52. The Balaban J connectivity index is 1.73. The monoisotopic (exact) mass is 267 g/mol. The van der Waals surface area contributed by atoms with Crippen LogP contribution in [0, 0.1) is 0 Å². The standard InChI is InChI=1S/C17H17NO2/c1-12(13-5-3-2-4-6-13)20-17(19)15-8-7-14-9-10-18-16(14)11-15/h2-8,11-12,18H,9-10H2,1H3. The zero-order chi connectivity index (χ0) is 13.9. The Hall–Kier alpha value is -2.29. The minimum atomic E-state index is -0.280. The Morgan fingerprint density at radius 3 is 2.80 bits per heavy atom. The van der Waals surface area contributed by atoms with E-state index in [2.05, 4.69) is 5.32 Å². The van der Waals surface area contributed by atoms with Gasteiger partial charge < -0.3 is 10.1 Å². The number of ether oxygens (including phenoxy) is 1. The average molecular weight is 267 g/mol. The molecule has 0 aliphatic carbocycles. The lowest BCUT2D eigenvalue weighted by Gasteiger charge is -2.14. The Morgan fingerprint density at radius 1 is 1.20 bits per heavy atom. The average Bonchev–Trinajstić information content (AvgIpc) is 2.95. The second kappa shape index (κ2) is 5.37. The van der Waals surface area contributed by atoms with E-state index in [-0.39, 0.29) is 12.1 Å². The molecule has 0 saturated heterocycles. The Kier molecular flexibility index (Phi) is 3.42. The third-order valence-electron chi connectivity index (χ3n) is 3.61. The van der Waals surface area contributed by atoms with Crippen molar-refractivity contribution in [2.45, 2.75) is 19.4 Å². The van der Waals surface area contributed by atoms with Crippen LogP contribution in [-0.4, -0.2) is 12.5 Å². The molecule has 102 valence electrons. The zero-order valence-corrected chi connectivity index (χ0v) is 11.4. The number of hydrogen-bond donors (Lipinski definition) is 1. The molecule has 1 heterocycles. The van der Waals surface area contributed by atoms with Crippen molar-refractivity contribution in [1.82, 2.24) is 0 Å². The minimum Gasteiger partial charge on any atom is -0.454 e. The van der Waals surface area contributed by atoms with Crippen LogP contribution in [0.4, 0.5) is 5.69 Å². The summed E-state index contributed by atoms with van der Waals surface area (Å²) in [5.74, 6) is -0.280. The predicted octanol–water partition coefficient (Wildman–Crippen LogP) is 3.57. The molecule has 1 unspecified atom stereocenters. The van der Waals surface area contributed by atoms with E-state index in [9.17, 15) is 4.79 Å². The Bertz CT molecular complexity index is 622. The molecule has 3 nitrogen and oxygen atoms in total. The number of hydrogen-bond acceptors (Lipinski definition) is 3. The van der Waals surface area contributed by atoms with Crippen LogP contribution in [0.15, 0.2) is 48.5 Å². The summed E-state index contributed by atoms with van der Waals surface area (Å²) >= 11 is 0. The normalized spacial score (nSPS) is 14.2. The summed E-state index contributed by atoms with van der Waals surface area (Å²) in [6.45, 7) is 2.83. The Morgan fingerprint density at radius 2 is 2.00 bits per heavy atom. The van der Waals surface area contributed by atoms with Crippen molar-refractivity contribution in [1.29, 1.82) is 0 Å². The van der Waals surface area contributed by atoms with Crippen LogP contribution in [0.3, 0.4) is 0 Å². The smallest absolute Gasteiger partial charge is 0.338 e. The van der Waals surface area contributed by atoms with E-state index in [4.69, 9.17) is 4.74 Å². The van der Waals surface area contributed by atoms with Crippen molar-refractivity contribution < 1.29 is 9.53 Å². The highest BCUT2D eigenvalue weighted by Crippen LogP contribution is 2.25. The fourth-order valence-electron chi connectivity index (χ4n) is 2.44. The fraction of sp³-hybridized carbons (Fsp3) is 0.235. The third kappa shape index (κ3) is 2.52. The second-order valence-corrected chi connectivity index (χ2v) is 5.01. The van der Waals surface area contributed by atoms with Crippen molar-refractivity contribution in [3.8, 4) is 0 Å². The summed E-state index contributed by atoms with van der Waals surface area (Å²) in [7, 11) is 0. The summed E-state index contributed by atoms with van der Waals surface area (Å²) in [6.07, 6.45) is 0.773. The maximum Gasteiger partial charge on any atom is 0.338 e. The molecule has 3 heteroatoms. The van der Waals surface area contributed by atoms with Crippen molar-refractivity contribution in [3.63, 3.8) is 0 Å². The Labute approximate surface area is 118 Å². The molecule has 1 aliphatic heterocycles. The highest BCUT2D eigenvalue weighted by Gasteiger charge is 2.16. The van der Waals surface area contributed by atoms with Crippen LogP contribution in [0.2, 0.25) is 0 Å². The number of carbonyl (C=O) groups excluding carboxylic acids is 1. The number of anilines is 1. The van der Waals surface area contributed by atoms with E-state index in [0.29, 0.717) is 5.56 Å². The van der Waals surface area contributed by atoms with Crippen molar-refractivity contribution in [3.05, 3.63) is 65.2 Å². The number of carbonyl (C=O) groups is 1. The maximum absolute atomic E-state index is 12.2. The van der Waals surface area contributed by atoms with Gasteiger partial charge in [0.15, 0.2) is 0 Å². The van der Waals surface area contributed by atoms with Gasteiger partial charge in [-0.2, -0.15) is 0 Å². The summed E-state index contributed by atoms with van der Waals surface area (Å²) in [6, 6.07) is 15.5. The first-order valence-electron chi connectivity index (χ1n) is 6.87. The van der Waals surface area contributed by atoms with Crippen LogP contribution < -0.4 is 5.32 Å². The van der Waals surface area contributed by atoms with Crippen molar-refractivity contribution in [2.24, 2.45) is 0 Å². The molecular weight excluding hydrogens is 250 g/mol. The van der Waals surface area contributed by atoms with Gasteiger partial charge in [0.2, 0.25) is 0 Å². The molecule has 3 rings (SSSR count). The molecule has 2 aromatic rings. The zero-order valence-electron chi connectivity index (χ0n) is 11.4. The van der Waals surface area contributed by atoms with Gasteiger partial charge in [-0.3, -0.25) is 0 Å². The number of benzene rings is 2. The lowest BCUT2D eigenvalue weighted by molar-refractivity contribution is 0.0338. The lowest BCUT2D eigenvalue weighted by Crippen LogP contribution is -2.09. The first kappa shape index (κ1) is 12.7. The molecule has 20 heavy (non-hydrogen) atoms. The first-order valence-corrected chi connectivity index (χ1v) is 6.87. The van der Waals surface area contributed by atoms with E-state index in [1.165, 1.54) is 5.56 Å². The van der Waals surface area contributed by atoms with Gasteiger partial charge in [-0.15, -0.1) is 0 Å². The molecule has 0 amide bonds. The number of esters is 1. The van der Waals surface area contributed by atoms with Gasteiger partial charge in [0.25, 0.3) is 0 Å². The summed E-state index contributed by atoms with van der Waals surface area (Å²) in [5, 5.41) is 3.27. The van der Waals surface area contributed by atoms with Gasteiger partial charge >= 0.3 is 5.97 Å². The van der Waals surface area contributed by atoms with Gasteiger partial charge in [-0.25, -0.2) is 4.79 Å². The number of nitrogens with one attached hydrogen (secondary N) is 1. The molecule has 0 fully saturated rings. The van der Waals surface area contributed by atoms with Gasteiger partial charge in [-0.05, 0) is 36.6 Å². The first-order chi connectivity index (χ1) is 9.74. The van der Waals surface area contributed by atoms with Gasteiger partial charge in [-0.1, -0.05) is 36.4 Å². The SMILES string of the molecule is CC(OC(=O)c1ccc2c(c1)NCC2)c1ccccc1. The van der Waals surface area contributed by atoms with Crippen LogP contribution in [-0.2, 0) is 11.2 Å². The maximum atomic E-state index is 12.2. The quantitative estimate of drug-likeness (QED) is 0.864. The molecule has 2 aromatic carbocycles. The van der Waals surface area contributed by atoms with E-state index in [1.807, 2.05) is 55.5 Å². The molecular formula is C17H17NO2. The summed E-state index contributed by atoms with van der Waals surface area (Å²) in [4.78, 5) is 12.2. The lowest BCUT2D eigenvalue weighted by atomic mass is 10.1. The molecule has 1 aliphatic rings. The summed E-state index contributed by atoms with van der Waals surface area (Å²) in [5.41, 5.74) is 3.91. The van der Waals surface area contributed by atoms with E-state index in [0.717, 1.165) is 24.2 Å². The van der Waals surface area contributed by atoms with Gasteiger partial charge in [0, 0.05) is 12.2 Å². The van der Waals surface area contributed by atoms with Gasteiger partial charge in [0.1, 0.15) is 6.10 Å². The van der Waals surface area contributed by atoms with Crippen molar-refractivity contribution in [2.75, 3.05) is 11.9 Å². The van der Waals surface area contributed by atoms with Crippen LogP contribution in [0.1, 0.15) is 34.5 Å². The van der Waals surface area contributed by atoms with E-state index < -0.39 is 0 Å². The highest BCUT2D eigenvalue weighted by molar-refractivity contribution is 5.91. The molecule has 0 aromatic heterocycles. The second-order valence-electron chi connectivity index (χ2n) is 5.01. The minimum absolute atomic E-state index is 0.245. The van der Waals surface area contributed by atoms with Crippen LogP contribution in [0.25, 0.3) is 0 Å². The van der Waals surface area contributed by atoms with Crippen molar-refractivity contribution >= 4 is 11.7 Å². The van der Waals surface area contributed by atoms with E-state index >= 15 is 0 Å². The largest absolute Gasteiger partial charge is 0.454 e.